The van der Waals surface area contributed by atoms with Crippen LogP contribution in [-0.4, -0.2) is 40.0 Å². The molecule has 0 aromatic rings. The van der Waals surface area contributed by atoms with Gasteiger partial charge in [-0.3, -0.25) is 0 Å². The number of hydrogen-bond donors (Lipinski definition) is 1. The van der Waals surface area contributed by atoms with Crippen LogP contribution in [0.2, 0.25) is 0 Å². The summed E-state index contributed by atoms with van der Waals surface area (Å²) in [6.07, 6.45) is 1.20. The highest BCUT2D eigenvalue weighted by molar-refractivity contribution is 4.68. The van der Waals surface area contributed by atoms with E-state index in [1.165, 1.54) is 6.42 Å². The van der Waals surface area contributed by atoms with Crippen molar-refractivity contribution in [2.24, 2.45) is 5.41 Å². The summed E-state index contributed by atoms with van der Waals surface area (Å²) >= 11 is 0. The minimum atomic E-state index is 0.395. The highest BCUT2D eigenvalue weighted by Gasteiger charge is 2.13. The Morgan fingerprint density at radius 3 is 2.43 bits per heavy atom. The lowest BCUT2D eigenvalue weighted by molar-refractivity contribution is 0.0711. The van der Waals surface area contributed by atoms with E-state index in [0.29, 0.717) is 18.6 Å². The van der Waals surface area contributed by atoms with Gasteiger partial charge in [-0.1, -0.05) is 20.8 Å². The van der Waals surface area contributed by atoms with Crippen molar-refractivity contribution in [1.82, 2.24) is 5.32 Å². The van der Waals surface area contributed by atoms with Crippen molar-refractivity contribution in [2.75, 3.05) is 40.0 Å². The number of rotatable bonds is 9. The second-order valence-corrected chi connectivity index (χ2v) is 4.30. The average molecular weight is 203 g/mol. The smallest absolute Gasteiger partial charge is 0.0700 e. The molecule has 0 bridgehead atoms. The van der Waals surface area contributed by atoms with Crippen molar-refractivity contribution in [1.29, 1.82) is 0 Å². The number of nitrogens with one attached hydrogen (secondary N) is 1. The molecule has 86 valence electrons. The highest BCUT2D eigenvalue weighted by atomic mass is 16.5. The van der Waals surface area contributed by atoms with Crippen LogP contribution in [0.15, 0.2) is 0 Å². The normalized spacial score (nSPS) is 12.0. The van der Waals surface area contributed by atoms with Crippen LogP contribution in [0.3, 0.4) is 0 Å². The minimum Gasteiger partial charge on any atom is -0.382 e. The van der Waals surface area contributed by atoms with E-state index in [9.17, 15) is 0 Å². The summed E-state index contributed by atoms with van der Waals surface area (Å²) in [5, 5.41) is 3.39. The molecule has 0 aliphatic carbocycles. The van der Waals surface area contributed by atoms with E-state index in [0.717, 1.165) is 19.7 Å². The van der Waals surface area contributed by atoms with Gasteiger partial charge in [0.15, 0.2) is 0 Å². The lowest BCUT2D eigenvalue weighted by Crippen LogP contribution is -2.31. The first-order chi connectivity index (χ1) is 6.62. The SMILES string of the molecule is CCC(C)(C)CNCCOCCOC. The van der Waals surface area contributed by atoms with Crippen molar-refractivity contribution >= 4 is 0 Å². The first-order valence-electron chi connectivity index (χ1n) is 5.40. The van der Waals surface area contributed by atoms with E-state index in [4.69, 9.17) is 9.47 Å². The predicted octanol–water partition coefficient (Wildman–Crippen LogP) is 1.68. The van der Waals surface area contributed by atoms with Crippen LogP contribution >= 0.6 is 0 Å². The molecule has 0 saturated carbocycles. The van der Waals surface area contributed by atoms with E-state index in [2.05, 4.69) is 26.1 Å². The third kappa shape index (κ3) is 8.48. The third-order valence-electron chi connectivity index (χ3n) is 2.42. The molecule has 14 heavy (non-hydrogen) atoms. The van der Waals surface area contributed by atoms with Crippen molar-refractivity contribution in [3.63, 3.8) is 0 Å². The maximum absolute atomic E-state index is 5.33. The first kappa shape index (κ1) is 13.9. The molecular formula is C11H25NO2. The summed E-state index contributed by atoms with van der Waals surface area (Å²) in [5.41, 5.74) is 0.395. The van der Waals surface area contributed by atoms with Crippen LogP contribution in [0.25, 0.3) is 0 Å². The average Bonchev–Trinajstić information content (AvgIpc) is 2.16. The Balaban J connectivity index is 3.13. The Hall–Kier alpha value is -0.120. The van der Waals surface area contributed by atoms with E-state index in [-0.39, 0.29) is 0 Å². The third-order valence-corrected chi connectivity index (χ3v) is 2.42. The standard InChI is InChI=1S/C11H25NO2/c1-5-11(2,3)10-12-6-7-14-9-8-13-4/h12H,5-10H2,1-4H3. The van der Waals surface area contributed by atoms with E-state index >= 15 is 0 Å². The van der Waals surface area contributed by atoms with Crippen molar-refractivity contribution in [3.8, 4) is 0 Å². The molecular weight excluding hydrogens is 178 g/mol. The molecule has 0 amide bonds. The van der Waals surface area contributed by atoms with Gasteiger partial charge >= 0.3 is 0 Å². The second-order valence-electron chi connectivity index (χ2n) is 4.30. The monoisotopic (exact) mass is 203 g/mol. The lowest BCUT2D eigenvalue weighted by atomic mass is 9.90. The molecule has 0 radical (unpaired) electrons. The zero-order valence-electron chi connectivity index (χ0n) is 10.1. The molecule has 3 heteroatoms. The fraction of sp³-hybridized carbons (Fsp3) is 1.00. The molecule has 0 fully saturated rings. The Morgan fingerprint density at radius 2 is 1.86 bits per heavy atom. The van der Waals surface area contributed by atoms with Gasteiger partial charge < -0.3 is 14.8 Å². The quantitative estimate of drug-likeness (QED) is 0.578. The maximum Gasteiger partial charge on any atom is 0.0700 e. The largest absolute Gasteiger partial charge is 0.382 e. The van der Waals surface area contributed by atoms with E-state index in [1.807, 2.05) is 0 Å². The van der Waals surface area contributed by atoms with Gasteiger partial charge in [0, 0.05) is 20.2 Å². The van der Waals surface area contributed by atoms with Gasteiger partial charge in [0.1, 0.15) is 0 Å². The number of ether oxygens (including phenoxy) is 2. The van der Waals surface area contributed by atoms with Crippen LogP contribution in [0.1, 0.15) is 27.2 Å². The van der Waals surface area contributed by atoms with Crippen LogP contribution in [0.4, 0.5) is 0 Å². The van der Waals surface area contributed by atoms with Crippen LogP contribution < -0.4 is 5.32 Å². The molecule has 3 nitrogen and oxygen atoms in total. The second kappa shape index (κ2) is 8.21. The Labute approximate surface area is 88.2 Å². The molecule has 0 rings (SSSR count). The molecule has 0 aromatic heterocycles. The van der Waals surface area contributed by atoms with Gasteiger partial charge in [-0.15, -0.1) is 0 Å². The number of hydrogen-bond acceptors (Lipinski definition) is 3. The Kier molecular flexibility index (Phi) is 8.14. The molecule has 0 atom stereocenters. The first-order valence-corrected chi connectivity index (χ1v) is 5.40. The van der Waals surface area contributed by atoms with Gasteiger partial charge in [0.25, 0.3) is 0 Å². The van der Waals surface area contributed by atoms with Gasteiger partial charge in [-0.2, -0.15) is 0 Å². The van der Waals surface area contributed by atoms with Gasteiger partial charge in [0.2, 0.25) is 0 Å². The topological polar surface area (TPSA) is 30.5 Å². The molecule has 0 heterocycles. The zero-order chi connectivity index (χ0) is 10.9. The van der Waals surface area contributed by atoms with Gasteiger partial charge in [-0.05, 0) is 11.8 Å². The summed E-state index contributed by atoms with van der Waals surface area (Å²) < 4.78 is 10.2. The predicted molar refractivity (Wildman–Crippen MR) is 59.6 cm³/mol. The highest BCUT2D eigenvalue weighted by Crippen LogP contribution is 2.17. The fourth-order valence-electron chi connectivity index (χ4n) is 0.940. The summed E-state index contributed by atoms with van der Waals surface area (Å²) in [6, 6.07) is 0. The molecule has 0 aromatic carbocycles. The molecule has 0 aliphatic heterocycles. The maximum atomic E-state index is 5.33. The van der Waals surface area contributed by atoms with Crippen LogP contribution in [0.5, 0.6) is 0 Å². The summed E-state index contributed by atoms with van der Waals surface area (Å²) in [5.74, 6) is 0. The van der Waals surface area contributed by atoms with Crippen LogP contribution in [-0.2, 0) is 9.47 Å². The van der Waals surface area contributed by atoms with Crippen LogP contribution in [0, 0.1) is 5.41 Å². The number of methoxy groups -OCH3 is 1. The summed E-state index contributed by atoms with van der Waals surface area (Å²) in [7, 11) is 1.69. The fourth-order valence-corrected chi connectivity index (χ4v) is 0.940. The Bertz CT molecular complexity index is 126. The minimum absolute atomic E-state index is 0.395. The summed E-state index contributed by atoms with van der Waals surface area (Å²) in [4.78, 5) is 0. The molecule has 1 N–H and O–H groups in total. The lowest BCUT2D eigenvalue weighted by Gasteiger charge is -2.22. The van der Waals surface area contributed by atoms with E-state index in [1.54, 1.807) is 7.11 Å². The van der Waals surface area contributed by atoms with Gasteiger partial charge in [0.05, 0.1) is 19.8 Å². The van der Waals surface area contributed by atoms with E-state index < -0.39 is 0 Å². The van der Waals surface area contributed by atoms with Crippen molar-refractivity contribution in [2.45, 2.75) is 27.2 Å². The molecule has 0 aliphatic rings. The summed E-state index contributed by atoms with van der Waals surface area (Å²) in [6.45, 7) is 10.9. The van der Waals surface area contributed by atoms with Crippen molar-refractivity contribution in [3.05, 3.63) is 0 Å². The zero-order valence-corrected chi connectivity index (χ0v) is 10.1. The molecule has 0 unspecified atom stereocenters. The molecule has 0 spiro atoms. The van der Waals surface area contributed by atoms with Crippen molar-refractivity contribution < 1.29 is 9.47 Å². The molecule has 0 saturated heterocycles. The van der Waals surface area contributed by atoms with Gasteiger partial charge in [-0.25, -0.2) is 0 Å². The Morgan fingerprint density at radius 1 is 1.14 bits per heavy atom.